The summed E-state index contributed by atoms with van der Waals surface area (Å²) < 4.78 is 39.4. The fraction of sp³-hybridized carbons (Fsp3) is 0.500. The highest BCUT2D eigenvalue weighted by molar-refractivity contribution is 5.98. The Balaban J connectivity index is 1.96. The van der Waals surface area contributed by atoms with Gasteiger partial charge in [0.15, 0.2) is 11.2 Å². The predicted octanol–water partition coefficient (Wildman–Crippen LogP) is 3.08. The largest absolute Gasteiger partial charge is 0.481 e. The van der Waals surface area contributed by atoms with Crippen LogP contribution in [0.1, 0.15) is 42.1 Å². The molecule has 0 saturated carbocycles. The molecule has 1 heterocycles. The minimum atomic E-state index is -4.94. The number of nitrogens with zero attached hydrogens (tertiary/aromatic N) is 1. The number of amides is 1. The smallest absolute Gasteiger partial charge is 0.406 e. The molecule has 1 atom stereocenters. The van der Waals surface area contributed by atoms with E-state index >= 15 is 0 Å². The number of hydrogen-bond donors (Lipinski definition) is 1. The van der Waals surface area contributed by atoms with Crippen LogP contribution in [0, 0.1) is 5.41 Å². The monoisotopic (exact) mass is 371 g/mol. The molecular weight excluding hydrogens is 351 g/mol. The molecule has 0 spiro atoms. The summed E-state index contributed by atoms with van der Waals surface area (Å²) in [5.41, 5.74) is -1.43. The first kappa shape index (κ1) is 19.9. The average Bonchev–Trinajstić information content (AvgIpc) is 3.06. The third-order valence-electron chi connectivity index (χ3n) is 4.82. The van der Waals surface area contributed by atoms with Crippen molar-refractivity contribution in [3.05, 3.63) is 35.4 Å². The van der Waals surface area contributed by atoms with E-state index in [1.807, 2.05) is 6.92 Å². The first-order valence-electron chi connectivity index (χ1n) is 8.31. The molecule has 1 aliphatic heterocycles. The maximum atomic E-state index is 13.1. The maximum absolute atomic E-state index is 13.1. The molecule has 0 aliphatic carbocycles. The highest BCUT2D eigenvalue weighted by atomic mass is 19.4. The van der Waals surface area contributed by atoms with Crippen LogP contribution in [0.3, 0.4) is 0 Å². The normalized spacial score (nSPS) is 20.2. The molecule has 1 saturated heterocycles. The first-order chi connectivity index (χ1) is 12.1. The number of Topliss-reactive ketones (excluding diaryl/α,β-unsaturated/α-hetero) is 1. The van der Waals surface area contributed by atoms with Crippen LogP contribution in [-0.2, 0) is 16.0 Å². The van der Waals surface area contributed by atoms with Crippen LogP contribution >= 0.6 is 0 Å². The van der Waals surface area contributed by atoms with E-state index in [1.54, 1.807) is 24.3 Å². The van der Waals surface area contributed by atoms with Crippen LogP contribution in [0.5, 0.6) is 0 Å². The standard InChI is InChI=1S/C18H20F3NO4/c1-2-12-3-5-13(6-4-12)14(23)7-8-15(24)22-10-9-17(11-22,16(25)26)18(19,20)21/h3-6H,2,7-11H2,1H3,(H,25,26). The fourth-order valence-electron chi connectivity index (χ4n) is 3.00. The van der Waals surface area contributed by atoms with Crippen molar-refractivity contribution >= 4 is 17.7 Å². The second-order valence-corrected chi connectivity index (χ2v) is 6.42. The number of alkyl halides is 3. The zero-order chi connectivity index (χ0) is 19.5. The minimum absolute atomic E-state index is 0.132. The molecule has 0 aromatic heterocycles. The average molecular weight is 371 g/mol. The van der Waals surface area contributed by atoms with Gasteiger partial charge in [-0.1, -0.05) is 31.2 Å². The van der Waals surface area contributed by atoms with Gasteiger partial charge in [-0.3, -0.25) is 14.4 Å². The number of carbonyl (C=O) groups is 3. The summed E-state index contributed by atoms with van der Waals surface area (Å²) in [6.07, 6.45) is -5.17. The van der Waals surface area contributed by atoms with Gasteiger partial charge in [0, 0.05) is 31.5 Å². The Morgan fingerprint density at radius 2 is 1.77 bits per heavy atom. The van der Waals surface area contributed by atoms with Gasteiger partial charge in [0.1, 0.15) is 0 Å². The van der Waals surface area contributed by atoms with Crippen LogP contribution in [-0.4, -0.2) is 46.9 Å². The Morgan fingerprint density at radius 1 is 1.15 bits per heavy atom. The zero-order valence-corrected chi connectivity index (χ0v) is 14.3. The third kappa shape index (κ3) is 3.89. The molecule has 142 valence electrons. The molecule has 5 nitrogen and oxygen atoms in total. The number of carboxylic acids is 1. The number of benzene rings is 1. The van der Waals surface area contributed by atoms with E-state index in [-0.39, 0.29) is 25.2 Å². The summed E-state index contributed by atoms with van der Waals surface area (Å²) in [5, 5.41) is 9.00. The van der Waals surface area contributed by atoms with E-state index in [1.165, 1.54) is 0 Å². The number of halogens is 3. The molecule has 26 heavy (non-hydrogen) atoms. The van der Waals surface area contributed by atoms with Gasteiger partial charge in [0.05, 0.1) is 0 Å². The molecule has 0 bridgehead atoms. The van der Waals surface area contributed by atoms with Gasteiger partial charge in [-0.15, -0.1) is 0 Å². The molecule has 1 N–H and O–H groups in total. The Kier molecular flexibility index (Phi) is 5.73. The number of rotatable bonds is 6. The summed E-state index contributed by atoms with van der Waals surface area (Å²) in [4.78, 5) is 36.3. The summed E-state index contributed by atoms with van der Waals surface area (Å²) in [5.74, 6) is -2.90. The second kappa shape index (κ2) is 7.47. The molecule has 1 amide bonds. The van der Waals surface area contributed by atoms with Crippen molar-refractivity contribution in [2.75, 3.05) is 13.1 Å². The summed E-state index contributed by atoms with van der Waals surface area (Å²) >= 11 is 0. The van der Waals surface area contributed by atoms with Crippen molar-refractivity contribution in [3.8, 4) is 0 Å². The van der Waals surface area contributed by atoms with E-state index in [2.05, 4.69) is 0 Å². The Labute approximate surface area is 148 Å². The van der Waals surface area contributed by atoms with Crippen LogP contribution in [0.4, 0.5) is 13.2 Å². The summed E-state index contributed by atoms with van der Waals surface area (Å²) in [6, 6.07) is 6.92. The number of carboxylic acid groups (broad SMARTS) is 1. The van der Waals surface area contributed by atoms with Gasteiger partial charge < -0.3 is 10.0 Å². The number of ketones is 1. The molecule has 1 aromatic carbocycles. The molecule has 1 fully saturated rings. The summed E-state index contributed by atoms with van der Waals surface area (Å²) in [6.45, 7) is 0.776. The predicted molar refractivity (Wildman–Crippen MR) is 86.7 cm³/mol. The Hall–Kier alpha value is -2.38. The minimum Gasteiger partial charge on any atom is -0.481 e. The lowest BCUT2D eigenvalue weighted by atomic mass is 9.86. The first-order valence-corrected chi connectivity index (χ1v) is 8.31. The van der Waals surface area contributed by atoms with Gasteiger partial charge in [-0.05, 0) is 18.4 Å². The van der Waals surface area contributed by atoms with Gasteiger partial charge in [0.25, 0.3) is 0 Å². The number of likely N-dealkylation sites (tertiary alicyclic amines) is 1. The lowest BCUT2D eigenvalue weighted by molar-refractivity contribution is -0.227. The molecule has 1 aromatic rings. The van der Waals surface area contributed by atoms with Gasteiger partial charge >= 0.3 is 12.1 Å². The second-order valence-electron chi connectivity index (χ2n) is 6.42. The van der Waals surface area contributed by atoms with Crippen LogP contribution < -0.4 is 0 Å². The van der Waals surface area contributed by atoms with E-state index < -0.39 is 36.4 Å². The third-order valence-corrected chi connectivity index (χ3v) is 4.82. The van der Waals surface area contributed by atoms with Crippen molar-refractivity contribution in [1.82, 2.24) is 4.90 Å². The maximum Gasteiger partial charge on any atom is 0.406 e. The molecular formula is C18H20F3NO4. The number of aryl methyl sites for hydroxylation is 1. The SMILES string of the molecule is CCc1ccc(C(=O)CCC(=O)N2CCC(C(=O)O)(C(F)(F)F)C2)cc1. The van der Waals surface area contributed by atoms with Gasteiger partial charge in [0.2, 0.25) is 5.91 Å². The van der Waals surface area contributed by atoms with E-state index in [4.69, 9.17) is 5.11 Å². The topological polar surface area (TPSA) is 74.7 Å². The van der Waals surface area contributed by atoms with Crippen molar-refractivity contribution in [2.24, 2.45) is 5.41 Å². The molecule has 8 heteroatoms. The Morgan fingerprint density at radius 3 is 2.23 bits per heavy atom. The van der Waals surface area contributed by atoms with Crippen LogP contribution in [0.25, 0.3) is 0 Å². The van der Waals surface area contributed by atoms with E-state index in [0.717, 1.165) is 16.9 Å². The van der Waals surface area contributed by atoms with Gasteiger partial charge in [-0.2, -0.15) is 13.2 Å². The van der Waals surface area contributed by atoms with Crippen molar-refractivity contribution in [1.29, 1.82) is 0 Å². The highest BCUT2D eigenvalue weighted by Crippen LogP contribution is 2.45. The number of aliphatic carboxylic acids is 1. The lowest BCUT2D eigenvalue weighted by Gasteiger charge is -2.27. The molecule has 1 unspecified atom stereocenters. The van der Waals surface area contributed by atoms with Crippen LogP contribution in [0.15, 0.2) is 24.3 Å². The van der Waals surface area contributed by atoms with Crippen LogP contribution in [0.2, 0.25) is 0 Å². The summed E-state index contributed by atoms with van der Waals surface area (Å²) in [7, 11) is 0. The van der Waals surface area contributed by atoms with Crippen molar-refractivity contribution in [2.45, 2.75) is 38.8 Å². The molecule has 0 radical (unpaired) electrons. The van der Waals surface area contributed by atoms with Gasteiger partial charge in [-0.25, -0.2) is 0 Å². The van der Waals surface area contributed by atoms with Crippen molar-refractivity contribution < 1.29 is 32.7 Å². The highest BCUT2D eigenvalue weighted by Gasteiger charge is 2.64. The Bertz CT molecular complexity index is 699. The molecule has 2 rings (SSSR count). The molecule has 1 aliphatic rings. The fourth-order valence-corrected chi connectivity index (χ4v) is 3.00. The zero-order valence-electron chi connectivity index (χ0n) is 14.3. The number of hydrogen-bond acceptors (Lipinski definition) is 3. The lowest BCUT2D eigenvalue weighted by Crippen LogP contribution is -2.47. The van der Waals surface area contributed by atoms with E-state index in [0.29, 0.717) is 5.56 Å². The van der Waals surface area contributed by atoms with E-state index in [9.17, 15) is 27.6 Å². The quantitative estimate of drug-likeness (QED) is 0.780. The number of carbonyl (C=O) groups excluding carboxylic acids is 2. The van der Waals surface area contributed by atoms with Crippen molar-refractivity contribution in [3.63, 3.8) is 0 Å².